The summed E-state index contributed by atoms with van der Waals surface area (Å²) < 4.78 is 14.5. The summed E-state index contributed by atoms with van der Waals surface area (Å²) in [5.74, 6) is -1.33. The first-order chi connectivity index (χ1) is 9.90. The molecule has 10 heteroatoms. The molecule has 0 unspecified atom stereocenters. The molecule has 0 atom stereocenters. The highest BCUT2D eigenvalue weighted by molar-refractivity contribution is 5.72. The maximum Gasteiger partial charge on any atom is 0.344 e. The molecule has 0 radical (unpaired) electrons. The van der Waals surface area contributed by atoms with Gasteiger partial charge in [-0.05, 0) is 6.92 Å². The molecule has 0 saturated carbocycles. The van der Waals surface area contributed by atoms with Gasteiger partial charge in [0, 0.05) is 0 Å². The molecule has 21 heavy (non-hydrogen) atoms. The first kappa shape index (κ1) is 16.1. The minimum absolute atomic E-state index is 0.127. The topological polar surface area (TPSA) is 131 Å². The summed E-state index contributed by atoms with van der Waals surface area (Å²) in [5, 5.41) is 21.7. The van der Waals surface area contributed by atoms with Gasteiger partial charge < -0.3 is 14.2 Å². The second-order valence-corrected chi connectivity index (χ2v) is 3.60. The van der Waals surface area contributed by atoms with Crippen molar-refractivity contribution in [3.63, 3.8) is 0 Å². The van der Waals surface area contributed by atoms with Crippen LogP contribution in [0, 0.1) is 20.2 Å². The quantitative estimate of drug-likeness (QED) is 0.420. The Morgan fingerprint density at radius 3 is 2.38 bits per heavy atom. The van der Waals surface area contributed by atoms with Crippen LogP contribution in [0.25, 0.3) is 0 Å². The molecule has 0 aliphatic rings. The van der Waals surface area contributed by atoms with E-state index in [1.807, 2.05) is 0 Å². The third-order valence-corrected chi connectivity index (χ3v) is 2.29. The summed E-state index contributed by atoms with van der Waals surface area (Å²) in [6, 6.07) is 1.69. The van der Waals surface area contributed by atoms with E-state index in [1.54, 1.807) is 6.92 Å². The molecule has 0 heterocycles. The largest absolute Gasteiger partial charge is 0.492 e. The Morgan fingerprint density at radius 1 is 1.24 bits per heavy atom. The smallest absolute Gasteiger partial charge is 0.344 e. The van der Waals surface area contributed by atoms with Gasteiger partial charge in [-0.25, -0.2) is 4.79 Å². The molecule has 0 fully saturated rings. The lowest BCUT2D eigenvalue weighted by molar-refractivity contribution is -0.394. The number of rotatable bonds is 7. The molecule has 114 valence electrons. The molecule has 1 aromatic carbocycles. The van der Waals surface area contributed by atoms with Crippen LogP contribution in [0.5, 0.6) is 11.5 Å². The maximum absolute atomic E-state index is 11.2. The molecule has 1 aromatic rings. The number of esters is 1. The minimum atomic E-state index is -0.865. The molecular weight excluding hydrogens is 288 g/mol. The van der Waals surface area contributed by atoms with E-state index in [0.717, 1.165) is 12.1 Å². The van der Waals surface area contributed by atoms with Crippen molar-refractivity contribution in [2.24, 2.45) is 0 Å². The number of carbonyl (C=O) groups is 1. The Bertz CT molecular complexity index is 572. The van der Waals surface area contributed by atoms with E-state index < -0.39 is 33.8 Å². The number of nitrogens with zero attached hydrogens (tertiary/aromatic N) is 2. The second-order valence-electron chi connectivity index (χ2n) is 3.60. The van der Waals surface area contributed by atoms with Crippen LogP contribution in [0.3, 0.4) is 0 Å². The SMILES string of the molecule is CCOC(=O)COc1c(OC)cc([N+](=O)[O-])cc1[N+](=O)[O-]. The van der Waals surface area contributed by atoms with Crippen LogP contribution in [0.1, 0.15) is 6.92 Å². The van der Waals surface area contributed by atoms with E-state index in [1.165, 1.54) is 7.11 Å². The number of methoxy groups -OCH3 is 1. The lowest BCUT2D eigenvalue weighted by Gasteiger charge is -2.10. The fraction of sp³-hybridized carbons (Fsp3) is 0.364. The second kappa shape index (κ2) is 7.03. The molecule has 0 saturated heterocycles. The zero-order chi connectivity index (χ0) is 16.0. The summed E-state index contributed by atoms with van der Waals surface area (Å²) in [6.07, 6.45) is 0. The Labute approximate surface area is 118 Å². The van der Waals surface area contributed by atoms with Crippen molar-refractivity contribution in [3.05, 3.63) is 32.4 Å². The molecule has 0 amide bonds. The van der Waals surface area contributed by atoms with Gasteiger partial charge in [0.05, 0.1) is 35.7 Å². The predicted octanol–water partition coefficient (Wildman–Crippen LogP) is 1.45. The average molecular weight is 300 g/mol. The van der Waals surface area contributed by atoms with Gasteiger partial charge in [-0.2, -0.15) is 0 Å². The summed E-state index contributed by atoms with van der Waals surface area (Å²) in [7, 11) is 1.17. The summed E-state index contributed by atoms with van der Waals surface area (Å²) in [5.41, 5.74) is -1.20. The Hall–Kier alpha value is -2.91. The molecule has 0 spiro atoms. The fourth-order valence-corrected chi connectivity index (χ4v) is 1.44. The highest BCUT2D eigenvalue weighted by atomic mass is 16.6. The van der Waals surface area contributed by atoms with Crippen LogP contribution >= 0.6 is 0 Å². The van der Waals surface area contributed by atoms with Crippen LogP contribution < -0.4 is 9.47 Å². The summed E-state index contributed by atoms with van der Waals surface area (Å²) in [6.45, 7) is 1.14. The molecule has 0 aromatic heterocycles. The number of carbonyl (C=O) groups excluding carboxylic acids is 1. The Morgan fingerprint density at radius 2 is 1.90 bits per heavy atom. The molecule has 0 aliphatic carbocycles. The van der Waals surface area contributed by atoms with E-state index in [4.69, 9.17) is 9.47 Å². The Kier molecular flexibility index (Phi) is 5.40. The van der Waals surface area contributed by atoms with Crippen molar-refractivity contribution in [2.45, 2.75) is 6.92 Å². The van der Waals surface area contributed by atoms with E-state index >= 15 is 0 Å². The number of hydrogen-bond donors (Lipinski definition) is 0. The van der Waals surface area contributed by atoms with Gasteiger partial charge in [0.15, 0.2) is 12.4 Å². The van der Waals surface area contributed by atoms with E-state index in [9.17, 15) is 25.0 Å². The summed E-state index contributed by atoms with van der Waals surface area (Å²) >= 11 is 0. The minimum Gasteiger partial charge on any atom is -0.492 e. The number of nitro benzene ring substituents is 2. The van der Waals surface area contributed by atoms with E-state index in [0.29, 0.717) is 0 Å². The molecule has 1 rings (SSSR count). The highest BCUT2D eigenvalue weighted by Crippen LogP contribution is 2.40. The zero-order valence-electron chi connectivity index (χ0n) is 11.2. The van der Waals surface area contributed by atoms with Crippen LogP contribution in [0.2, 0.25) is 0 Å². The van der Waals surface area contributed by atoms with Crippen LogP contribution in [-0.2, 0) is 9.53 Å². The van der Waals surface area contributed by atoms with Gasteiger partial charge in [0.1, 0.15) is 0 Å². The lowest BCUT2D eigenvalue weighted by Crippen LogP contribution is -2.15. The molecule has 0 N–H and O–H groups in total. The highest BCUT2D eigenvalue weighted by Gasteiger charge is 2.27. The van der Waals surface area contributed by atoms with Gasteiger partial charge in [-0.1, -0.05) is 0 Å². The third kappa shape index (κ3) is 4.03. The van der Waals surface area contributed by atoms with Gasteiger partial charge in [-0.15, -0.1) is 0 Å². The monoisotopic (exact) mass is 300 g/mol. The van der Waals surface area contributed by atoms with Crippen LogP contribution in [-0.4, -0.2) is 36.1 Å². The van der Waals surface area contributed by atoms with Crippen LogP contribution in [0.15, 0.2) is 12.1 Å². The van der Waals surface area contributed by atoms with E-state index in [-0.39, 0.29) is 18.1 Å². The Balaban J connectivity index is 3.18. The van der Waals surface area contributed by atoms with Crippen molar-refractivity contribution in [1.29, 1.82) is 0 Å². The normalized spacial score (nSPS) is 9.81. The van der Waals surface area contributed by atoms with Crippen molar-refractivity contribution in [2.75, 3.05) is 20.3 Å². The van der Waals surface area contributed by atoms with Crippen molar-refractivity contribution in [1.82, 2.24) is 0 Å². The standard InChI is InChI=1S/C11H12N2O8/c1-3-20-10(14)6-21-11-8(13(17)18)4-7(12(15)16)5-9(11)19-2/h4-5H,3,6H2,1-2H3. The van der Waals surface area contributed by atoms with E-state index in [2.05, 4.69) is 4.74 Å². The number of ether oxygens (including phenoxy) is 3. The fourth-order valence-electron chi connectivity index (χ4n) is 1.44. The number of hydrogen-bond acceptors (Lipinski definition) is 8. The van der Waals surface area contributed by atoms with Crippen molar-refractivity contribution >= 4 is 17.3 Å². The van der Waals surface area contributed by atoms with Gasteiger partial charge >= 0.3 is 11.7 Å². The first-order valence-corrected chi connectivity index (χ1v) is 5.69. The summed E-state index contributed by atoms with van der Waals surface area (Å²) in [4.78, 5) is 31.2. The number of benzene rings is 1. The molecule has 0 bridgehead atoms. The van der Waals surface area contributed by atoms with Gasteiger partial charge in [0.2, 0.25) is 5.75 Å². The number of nitro groups is 2. The van der Waals surface area contributed by atoms with Crippen LogP contribution in [0.4, 0.5) is 11.4 Å². The van der Waals surface area contributed by atoms with Crippen molar-refractivity contribution < 1.29 is 28.9 Å². The third-order valence-electron chi connectivity index (χ3n) is 2.29. The molecule has 0 aliphatic heterocycles. The number of non-ortho nitro benzene ring substituents is 1. The molecule has 10 nitrogen and oxygen atoms in total. The average Bonchev–Trinajstić information content (AvgIpc) is 2.44. The van der Waals surface area contributed by atoms with Gasteiger partial charge in [0.25, 0.3) is 5.69 Å². The predicted molar refractivity (Wildman–Crippen MR) is 68.4 cm³/mol. The first-order valence-electron chi connectivity index (χ1n) is 5.69. The molecular formula is C11H12N2O8. The van der Waals surface area contributed by atoms with Gasteiger partial charge in [-0.3, -0.25) is 20.2 Å². The zero-order valence-corrected chi connectivity index (χ0v) is 11.2. The van der Waals surface area contributed by atoms with Crippen molar-refractivity contribution in [3.8, 4) is 11.5 Å². The lowest BCUT2D eigenvalue weighted by atomic mass is 10.2. The maximum atomic E-state index is 11.2.